The van der Waals surface area contributed by atoms with Crippen molar-refractivity contribution in [3.05, 3.63) is 155 Å². The second-order valence-corrected chi connectivity index (χ2v) is 16.9. The Hall–Kier alpha value is -6.51. The van der Waals surface area contributed by atoms with Crippen LogP contribution in [0.1, 0.15) is 46.5 Å². The predicted molar refractivity (Wildman–Crippen MR) is 223 cm³/mol. The summed E-state index contributed by atoms with van der Waals surface area (Å²) in [6, 6.07) is 25.7. The molecule has 0 aliphatic carbocycles. The Bertz CT molecular complexity index is 2560. The minimum Gasteiger partial charge on any atom is -0.508 e. The zero-order valence-electron chi connectivity index (χ0n) is 33.1. The molecule has 59 heavy (non-hydrogen) atoms. The molecule has 0 saturated carbocycles. The van der Waals surface area contributed by atoms with E-state index in [2.05, 4.69) is 11.9 Å². The number of aromatic nitrogens is 1. The van der Waals surface area contributed by atoms with Gasteiger partial charge in [-0.2, -0.15) is 0 Å². The number of carbonyl (C=O) groups excluding carboxylic acids is 4. The molecule has 2 saturated heterocycles. The summed E-state index contributed by atoms with van der Waals surface area (Å²) >= 11 is 0. The van der Waals surface area contributed by atoms with E-state index in [9.17, 15) is 32.7 Å². The molecule has 4 amide bonds. The molecule has 3 heterocycles. The third-order valence-corrected chi connectivity index (χ3v) is 12.2. The fourth-order valence-corrected chi connectivity index (χ4v) is 9.16. The number of rotatable bonds is 12. The fraction of sp³-hybridized carbons (Fsp3) is 0.244. The summed E-state index contributed by atoms with van der Waals surface area (Å²) in [5.41, 5.74) is 3.99. The standard InChI is InChI=1S/C45H46N6O7S/c1-5-22-48-29-42(54)50-39(24-32-16-18-35(52)19-17-32)44(55)47(28-41(50)51(48)45(56)46-25-33-10-7-6-8-11-33)26-34-12-9-13-37-38(40(53)23-30(2)3)27-49(43(34)37)59(57,58)36-20-14-31(4)15-21-36/h5-21,23,27,39,41,52H,1,22,24-26,28-29H2,2-4H3,(H,46,56). The van der Waals surface area contributed by atoms with Crippen LogP contribution in [-0.2, 0) is 39.1 Å². The summed E-state index contributed by atoms with van der Waals surface area (Å²) in [6.07, 6.45) is 3.49. The average molecular weight is 815 g/mol. The summed E-state index contributed by atoms with van der Waals surface area (Å²) in [5, 5.41) is 16.5. The van der Waals surface area contributed by atoms with Crippen LogP contribution >= 0.6 is 0 Å². The van der Waals surface area contributed by atoms with Gasteiger partial charge in [-0.1, -0.05) is 90.0 Å². The van der Waals surface area contributed by atoms with Crippen LogP contribution in [0.15, 0.2) is 132 Å². The number of urea groups is 1. The number of aromatic hydroxyl groups is 1. The number of hydrogen-bond acceptors (Lipinski definition) is 8. The zero-order chi connectivity index (χ0) is 42.0. The van der Waals surface area contributed by atoms with E-state index in [1.54, 1.807) is 67.4 Å². The van der Waals surface area contributed by atoms with Gasteiger partial charge >= 0.3 is 6.03 Å². The lowest BCUT2D eigenvalue weighted by Gasteiger charge is -2.55. The van der Waals surface area contributed by atoms with E-state index in [0.29, 0.717) is 16.5 Å². The topological polar surface area (TPSA) is 153 Å². The molecule has 2 atom stereocenters. The molecule has 2 fully saturated rings. The first kappa shape index (κ1) is 40.7. The number of allylic oxidation sites excluding steroid dienone is 2. The highest BCUT2D eigenvalue weighted by Crippen LogP contribution is 2.34. The quantitative estimate of drug-likeness (QED) is 0.0915. The number of carbonyl (C=O) groups is 4. The molecule has 304 valence electrons. The lowest BCUT2D eigenvalue weighted by Crippen LogP contribution is -2.76. The summed E-state index contributed by atoms with van der Waals surface area (Å²) < 4.78 is 30.0. The number of phenolic OH excluding ortho intramolecular Hbond substituents is 1. The van der Waals surface area contributed by atoms with Crippen molar-refractivity contribution in [1.82, 2.24) is 29.1 Å². The number of hydrazine groups is 1. The molecular formula is C45H46N6O7S. The predicted octanol–water partition coefficient (Wildman–Crippen LogP) is 5.78. The Balaban J connectivity index is 1.34. The molecule has 2 aliphatic heterocycles. The van der Waals surface area contributed by atoms with Gasteiger partial charge in [0.05, 0.1) is 23.5 Å². The maximum atomic E-state index is 14.8. The van der Waals surface area contributed by atoms with E-state index in [4.69, 9.17) is 0 Å². The molecular weight excluding hydrogens is 769 g/mol. The summed E-state index contributed by atoms with van der Waals surface area (Å²) in [7, 11) is -4.25. The number of nitrogens with zero attached hydrogens (tertiary/aromatic N) is 5. The fourth-order valence-electron chi connectivity index (χ4n) is 7.76. The van der Waals surface area contributed by atoms with Crippen LogP contribution in [0, 0.1) is 6.92 Å². The first-order valence-corrected chi connectivity index (χ1v) is 20.7. The van der Waals surface area contributed by atoms with E-state index in [1.165, 1.54) is 51.3 Å². The molecule has 7 rings (SSSR count). The summed E-state index contributed by atoms with van der Waals surface area (Å²) in [4.78, 5) is 59.9. The van der Waals surface area contributed by atoms with E-state index >= 15 is 0 Å². The monoisotopic (exact) mass is 814 g/mol. The van der Waals surface area contributed by atoms with Gasteiger partial charge in [0.1, 0.15) is 18.0 Å². The molecule has 2 aliphatic rings. The Labute approximate surface area is 343 Å². The summed E-state index contributed by atoms with van der Waals surface area (Å²) in [6.45, 7) is 9.22. The number of fused-ring (bicyclic) bond motifs is 2. The van der Waals surface area contributed by atoms with Gasteiger partial charge in [-0.3, -0.25) is 14.4 Å². The van der Waals surface area contributed by atoms with Crippen molar-refractivity contribution >= 4 is 44.6 Å². The van der Waals surface area contributed by atoms with E-state index in [-0.39, 0.29) is 72.6 Å². The van der Waals surface area contributed by atoms with E-state index < -0.39 is 34.2 Å². The minimum atomic E-state index is -4.25. The molecule has 2 unspecified atom stereocenters. The third-order valence-electron chi connectivity index (χ3n) is 10.5. The number of nitrogens with one attached hydrogen (secondary N) is 1. The Morgan fingerprint density at radius 3 is 2.31 bits per heavy atom. The summed E-state index contributed by atoms with van der Waals surface area (Å²) in [5.74, 6) is -1.10. The van der Waals surface area contributed by atoms with Crippen molar-refractivity contribution in [2.75, 3.05) is 19.6 Å². The highest BCUT2D eigenvalue weighted by molar-refractivity contribution is 7.90. The number of piperazine rings is 1. The van der Waals surface area contributed by atoms with Crippen LogP contribution in [-0.4, -0.2) is 92.8 Å². The van der Waals surface area contributed by atoms with Crippen LogP contribution < -0.4 is 5.32 Å². The average Bonchev–Trinajstić information content (AvgIpc) is 3.62. The van der Waals surface area contributed by atoms with Gasteiger partial charge in [0, 0.05) is 43.2 Å². The highest BCUT2D eigenvalue weighted by Gasteiger charge is 2.51. The van der Waals surface area contributed by atoms with Crippen molar-refractivity contribution in [3.63, 3.8) is 0 Å². The van der Waals surface area contributed by atoms with Gasteiger partial charge in [-0.15, -0.1) is 6.58 Å². The van der Waals surface area contributed by atoms with Gasteiger partial charge in [0.15, 0.2) is 5.78 Å². The smallest absolute Gasteiger partial charge is 0.334 e. The molecule has 2 N–H and O–H groups in total. The highest BCUT2D eigenvalue weighted by atomic mass is 32.2. The SMILES string of the molecule is C=CCN1CC(=O)N2C(Cc3ccc(O)cc3)C(=O)N(Cc3cccc4c(C(=O)C=C(C)C)cn(S(=O)(=O)c5ccc(C)cc5)c34)CC2N1C(=O)NCc1ccccc1. The molecule has 0 spiro atoms. The number of para-hydroxylation sites is 1. The van der Waals surface area contributed by atoms with Crippen LogP contribution in [0.2, 0.25) is 0 Å². The molecule has 0 radical (unpaired) electrons. The first-order chi connectivity index (χ1) is 28.3. The van der Waals surface area contributed by atoms with Crippen molar-refractivity contribution < 1.29 is 32.7 Å². The maximum absolute atomic E-state index is 14.8. The largest absolute Gasteiger partial charge is 0.508 e. The zero-order valence-corrected chi connectivity index (χ0v) is 33.9. The molecule has 5 aromatic rings. The van der Waals surface area contributed by atoms with Gasteiger partial charge in [-0.05, 0) is 67.8 Å². The lowest BCUT2D eigenvalue weighted by atomic mass is 9.98. The van der Waals surface area contributed by atoms with E-state index in [0.717, 1.165) is 20.7 Å². The maximum Gasteiger partial charge on any atom is 0.334 e. The number of ketones is 1. The second-order valence-electron chi connectivity index (χ2n) is 15.1. The van der Waals surface area contributed by atoms with Gasteiger partial charge < -0.3 is 20.2 Å². The number of benzene rings is 4. The molecule has 1 aromatic heterocycles. The number of aryl methyl sites for hydroxylation is 1. The van der Waals surface area contributed by atoms with Crippen LogP contribution in [0.3, 0.4) is 0 Å². The van der Waals surface area contributed by atoms with Crippen molar-refractivity contribution in [1.29, 1.82) is 0 Å². The van der Waals surface area contributed by atoms with Crippen LogP contribution in [0.25, 0.3) is 10.9 Å². The van der Waals surface area contributed by atoms with Gasteiger partial charge in [0.2, 0.25) is 11.8 Å². The second kappa shape index (κ2) is 16.8. The van der Waals surface area contributed by atoms with Gasteiger partial charge in [-0.25, -0.2) is 27.2 Å². The van der Waals surface area contributed by atoms with Crippen molar-refractivity contribution in [2.45, 2.75) is 57.4 Å². The van der Waals surface area contributed by atoms with Crippen LogP contribution in [0.5, 0.6) is 5.75 Å². The van der Waals surface area contributed by atoms with Gasteiger partial charge in [0.25, 0.3) is 10.0 Å². The molecule has 0 bridgehead atoms. The first-order valence-electron chi connectivity index (χ1n) is 19.3. The number of amides is 4. The lowest BCUT2D eigenvalue weighted by molar-refractivity contribution is -0.189. The van der Waals surface area contributed by atoms with Crippen LogP contribution in [0.4, 0.5) is 4.79 Å². The molecule has 4 aromatic carbocycles. The molecule has 13 nitrogen and oxygen atoms in total. The Morgan fingerprint density at radius 2 is 1.63 bits per heavy atom. The number of hydrogen-bond donors (Lipinski definition) is 2. The van der Waals surface area contributed by atoms with Crippen molar-refractivity contribution in [2.24, 2.45) is 0 Å². The van der Waals surface area contributed by atoms with E-state index in [1.807, 2.05) is 37.3 Å². The Kier molecular flexibility index (Phi) is 11.6. The number of phenols is 1. The minimum absolute atomic E-state index is 0.0230. The Morgan fingerprint density at radius 1 is 0.915 bits per heavy atom. The molecule has 14 heteroatoms. The third kappa shape index (κ3) is 8.27. The normalized spacial score (nSPS) is 17.2. The van der Waals surface area contributed by atoms with Crippen molar-refractivity contribution in [3.8, 4) is 5.75 Å².